The van der Waals surface area contributed by atoms with Crippen LogP contribution in [0.4, 0.5) is 5.69 Å². The number of hydrogen-bond donors (Lipinski definition) is 2. The first kappa shape index (κ1) is 16.3. The molecule has 0 bridgehead atoms. The molecule has 1 aliphatic rings. The van der Waals surface area contributed by atoms with Gasteiger partial charge in [0.2, 0.25) is 10.0 Å². The highest BCUT2D eigenvalue weighted by atomic mass is 32.2. The fourth-order valence-corrected chi connectivity index (χ4v) is 4.36. The lowest BCUT2D eigenvalue weighted by Crippen LogP contribution is -2.35. The average Bonchev–Trinajstić information content (AvgIpc) is 2.87. The first-order valence-corrected chi connectivity index (χ1v) is 8.87. The minimum Gasteiger partial charge on any atom is -0.385 e. The molecular formula is C15H24N2O3S. The number of hydrogen-bond acceptors (Lipinski definition) is 4. The Morgan fingerprint density at radius 2 is 1.95 bits per heavy atom. The summed E-state index contributed by atoms with van der Waals surface area (Å²) in [5.74, 6) is 0. The minimum absolute atomic E-state index is 0.119. The summed E-state index contributed by atoms with van der Waals surface area (Å²) < 4.78 is 33.1. The van der Waals surface area contributed by atoms with E-state index in [1.807, 2.05) is 26.0 Å². The second kappa shape index (κ2) is 6.77. The molecule has 21 heavy (non-hydrogen) atoms. The molecular weight excluding hydrogens is 288 g/mol. The number of benzene rings is 1. The summed E-state index contributed by atoms with van der Waals surface area (Å²) in [6.07, 6.45) is 1.76. The zero-order chi connectivity index (χ0) is 15.5. The second-order valence-electron chi connectivity index (χ2n) is 5.55. The molecule has 1 aromatic carbocycles. The van der Waals surface area contributed by atoms with Gasteiger partial charge in [-0.15, -0.1) is 0 Å². The molecule has 0 spiro atoms. The predicted octanol–water partition coefficient (Wildman–Crippen LogP) is 2.19. The van der Waals surface area contributed by atoms with Crippen molar-refractivity contribution in [2.24, 2.45) is 0 Å². The van der Waals surface area contributed by atoms with Crippen LogP contribution >= 0.6 is 0 Å². The van der Waals surface area contributed by atoms with Gasteiger partial charge in [0.15, 0.2) is 0 Å². The topological polar surface area (TPSA) is 67.4 Å². The SMILES string of the molecule is CCCNc1cc(C)c(S(=O)(=O)NC2CCOC2)c(C)c1. The van der Waals surface area contributed by atoms with Crippen LogP contribution in [0.5, 0.6) is 0 Å². The van der Waals surface area contributed by atoms with Crippen LogP contribution < -0.4 is 10.0 Å². The molecule has 1 fully saturated rings. The van der Waals surface area contributed by atoms with Gasteiger partial charge in [-0.3, -0.25) is 0 Å². The van der Waals surface area contributed by atoms with Gasteiger partial charge < -0.3 is 10.1 Å². The lowest BCUT2D eigenvalue weighted by atomic mass is 10.1. The maximum absolute atomic E-state index is 12.6. The molecule has 2 rings (SSSR count). The first-order valence-electron chi connectivity index (χ1n) is 7.39. The Kier molecular flexibility index (Phi) is 5.24. The molecule has 6 heteroatoms. The van der Waals surface area contributed by atoms with Crippen LogP contribution in [0.2, 0.25) is 0 Å². The van der Waals surface area contributed by atoms with Crippen LogP contribution in [0.25, 0.3) is 0 Å². The quantitative estimate of drug-likeness (QED) is 0.845. The van der Waals surface area contributed by atoms with E-state index in [1.54, 1.807) is 0 Å². The van der Waals surface area contributed by atoms with Crippen LogP contribution in [0.1, 0.15) is 30.9 Å². The van der Waals surface area contributed by atoms with Crippen molar-refractivity contribution in [2.75, 3.05) is 25.1 Å². The molecule has 1 unspecified atom stereocenters. The highest BCUT2D eigenvalue weighted by Crippen LogP contribution is 2.25. The highest BCUT2D eigenvalue weighted by molar-refractivity contribution is 7.89. The van der Waals surface area contributed by atoms with E-state index in [4.69, 9.17) is 4.74 Å². The molecule has 0 aromatic heterocycles. The first-order chi connectivity index (χ1) is 9.94. The van der Waals surface area contributed by atoms with Gasteiger partial charge >= 0.3 is 0 Å². The van der Waals surface area contributed by atoms with E-state index in [2.05, 4.69) is 17.0 Å². The molecule has 1 atom stereocenters. The molecule has 0 radical (unpaired) electrons. The summed E-state index contributed by atoms with van der Waals surface area (Å²) in [5.41, 5.74) is 2.50. The van der Waals surface area contributed by atoms with Crippen LogP contribution in [-0.4, -0.2) is 34.2 Å². The molecule has 5 nitrogen and oxygen atoms in total. The molecule has 0 amide bonds. The number of rotatable bonds is 6. The number of sulfonamides is 1. The van der Waals surface area contributed by atoms with Crippen molar-refractivity contribution in [2.45, 2.75) is 44.6 Å². The van der Waals surface area contributed by atoms with Gasteiger partial charge in [-0.05, 0) is 49.9 Å². The number of anilines is 1. The molecule has 118 valence electrons. The van der Waals surface area contributed by atoms with Gasteiger partial charge in [-0.2, -0.15) is 0 Å². The number of ether oxygens (including phenoxy) is 1. The van der Waals surface area contributed by atoms with Crippen molar-refractivity contribution in [3.05, 3.63) is 23.3 Å². The summed E-state index contributed by atoms with van der Waals surface area (Å²) in [5, 5.41) is 3.29. The van der Waals surface area contributed by atoms with Crippen LogP contribution in [0.3, 0.4) is 0 Å². The Morgan fingerprint density at radius 3 is 2.48 bits per heavy atom. The summed E-state index contributed by atoms with van der Waals surface area (Å²) in [6, 6.07) is 3.66. The third-order valence-electron chi connectivity index (χ3n) is 3.56. The van der Waals surface area contributed by atoms with Crippen molar-refractivity contribution >= 4 is 15.7 Å². The summed E-state index contributed by atoms with van der Waals surface area (Å²) >= 11 is 0. The minimum atomic E-state index is -3.50. The Hall–Kier alpha value is -1.11. The fourth-order valence-electron chi connectivity index (χ4n) is 2.65. The summed E-state index contributed by atoms with van der Waals surface area (Å²) in [6.45, 7) is 7.72. The zero-order valence-electron chi connectivity index (χ0n) is 12.9. The van der Waals surface area contributed by atoms with E-state index >= 15 is 0 Å². The Morgan fingerprint density at radius 1 is 1.29 bits per heavy atom. The Labute approximate surface area is 127 Å². The standard InChI is InChI=1S/C15H24N2O3S/c1-4-6-16-14-8-11(2)15(12(3)9-14)21(18,19)17-13-5-7-20-10-13/h8-9,13,16-17H,4-7,10H2,1-3H3. The Bertz CT molecular complexity index is 570. The molecule has 1 heterocycles. The van der Waals surface area contributed by atoms with E-state index in [0.29, 0.717) is 18.1 Å². The third-order valence-corrected chi connectivity index (χ3v) is 5.38. The summed E-state index contributed by atoms with van der Waals surface area (Å²) in [7, 11) is -3.50. The maximum atomic E-state index is 12.6. The normalized spacial score (nSPS) is 18.9. The summed E-state index contributed by atoms with van der Waals surface area (Å²) in [4.78, 5) is 0.386. The maximum Gasteiger partial charge on any atom is 0.241 e. The molecule has 1 saturated heterocycles. The van der Waals surface area contributed by atoms with Crippen LogP contribution in [-0.2, 0) is 14.8 Å². The molecule has 1 aliphatic heterocycles. The van der Waals surface area contributed by atoms with Crippen LogP contribution in [0, 0.1) is 13.8 Å². The van der Waals surface area contributed by atoms with E-state index in [0.717, 1.165) is 36.2 Å². The van der Waals surface area contributed by atoms with Gasteiger partial charge in [0.1, 0.15) is 0 Å². The molecule has 1 aromatic rings. The number of aryl methyl sites for hydroxylation is 2. The molecule has 0 saturated carbocycles. The fraction of sp³-hybridized carbons (Fsp3) is 0.600. The van der Waals surface area contributed by atoms with Gasteiger partial charge in [-0.25, -0.2) is 13.1 Å². The largest absolute Gasteiger partial charge is 0.385 e. The number of nitrogens with one attached hydrogen (secondary N) is 2. The molecule has 2 N–H and O–H groups in total. The van der Waals surface area contributed by atoms with Crippen molar-refractivity contribution in [3.8, 4) is 0 Å². The second-order valence-corrected chi connectivity index (χ2v) is 7.20. The van der Waals surface area contributed by atoms with Crippen molar-refractivity contribution in [3.63, 3.8) is 0 Å². The lowest BCUT2D eigenvalue weighted by Gasteiger charge is -2.17. The van der Waals surface area contributed by atoms with Gasteiger partial charge in [0.05, 0.1) is 11.5 Å². The molecule has 0 aliphatic carbocycles. The van der Waals surface area contributed by atoms with Gasteiger partial charge in [0, 0.05) is 24.9 Å². The Balaban J connectivity index is 2.25. The zero-order valence-corrected chi connectivity index (χ0v) is 13.7. The van der Waals surface area contributed by atoms with Crippen LogP contribution in [0.15, 0.2) is 17.0 Å². The lowest BCUT2D eigenvalue weighted by molar-refractivity contribution is 0.192. The van der Waals surface area contributed by atoms with Gasteiger partial charge in [-0.1, -0.05) is 6.92 Å². The monoisotopic (exact) mass is 312 g/mol. The van der Waals surface area contributed by atoms with E-state index in [9.17, 15) is 8.42 Å². The van der Waals surface area contributed by atoms with E-state index in [-0.39, 0.29) is 6.04 Å². The highest BCUT2D eigenvalue weighted by Gasteiger charge is 2.26. The van der Waals surface area contributed by atoms with Crippen molar-refractivity contribution in [1.82, 2.24) is 4.72 Å². The average molecular weight is 312 g/mol. The van der Waals surface area contributed by atoms with Crippen molar-refractivity contribution in [1.29, 1.82) is 0 Å². The van der Waals surface area contributed by atoms with E-state index < -0.39 is 10.0 Å². The smallest absolute Gasteiger partial charge is 0.241 e. The van der Waals surface area contributed by atoms with Crippen molar-refractivity contribution < 1.29 is 13.2 Å². The van der Waals surface area contributed by atoms with Gasteiger partial charge in [0.25, 0.3) is 0 Å². The predicted molar refractivity (Wildman–Crippen MR) is 84.2 cm³/mol. The third kappa shape index (κ3) is 3.96. The van der Waals surface area contributed by atoms with E-state index in [1.165, 1.54) is 0 Å².